The lowest BCUT2D eigenvalue weighted by atomic mass is 10.0. The Hall–Kier alpha value is -3.61. The summed E-state index contributed by atoms with van der Waals surface area (Å²) in [6, 6.07) is 11.4. The molecule has 0 bridgehead atoms. The molecule has 1 aromatic heterocycles. The summed E-state index contributed by atoms with van der Waals surface area (Å²) < 4.78 is 10.6. The predicted octanol–water partition coefficient (Wildman–Crippen LogP) is 3.71. The van der Waals surface area contributed by atoms with Gasteiger partial charge in [0.2, 0.25) is 11.9 Å². The van der Waals surface area contributed by atoms with Crippen LogP contribution in [0.3, 0.4) is 0 Å². The molecule has 0 spiro atoms. The number of hydrogen-bond acceptors (Lipinski definition) is 6. The molecule has 28 heavy (non-hydrogen) atoms. The molecule has 0 atom stereocenters. The minimum Gasteiger partial charge on any atom is -0.493 e. The molecular formula is C21H20N4O3. The van der Waals surface area contributed by atoms with Crippen molar-refractivity contribution in [2.24, 2.45) is 0 Å². The van der Waals surface area contributed by atoms with Crippen molar-refractivity contribution in [2.45, 2.75) is 13.3 Å². The number of nitrogens with zero attached hydrogens (tertiary/aromatic N) is 2. The number of carbonyl (C=O) groups is 1. The van der Waals surface area contributed by atoms with E-state index in [2.05, 4.69) is 15.6 Å². The van der Waals surface area contributed by atoms with Gasteiger partial charge in [0, 0.05) is 29.1 Å². The van der Waals surface area contributed by atoms with E-state index in [4.69, 9.17) is 14.5 Å². The Morgan fingerprint density at radius 2 is 1.93 bits per heavy atom. The van der Waals surface area contributed by atoms with Gasteiger partial charge in [-0.25, -0.2) is 9.97 Å². The first kappa shape index (κ1) is 17.8. The third-order valence-electron chi connectivity index (χ3n) is 4.65. The van der Waals surface area contributed by atoms with Gasteiger partial charge in [-0.1, -0.05) is 18.2 Å². The van der Waals surface area contributed by atoms with Crippen LogP contribution in [0, 0.1) is 6.92 Å². The summed E-state index contributed by atoms with van der Waals surface area (Å²) in [5.41, 5.74) is 4.98. The molecule has 2 N–H and O–H groups in total. The van der Waals surface area contributed by atoms with E-state index in [1.807, 2.05) is 43.3 Å². The van der Waals surface area contributed by atoms with Crippen LogP contribution in [-0.2, 0) is 11.2 Å². The first-order valence-corrected chi connectivity index (χ1v) is 8.84. The number of fused-ring (bicyclic) bond motifs is 3. The number of methoxy groups -OCH3 is 2. The molecule has 0 fully saturated rings. The Labute approximate surface area is 162 Å². The Morgan fingerprint density at radius 3 is 2.71 bits per heavy atom. The Balaban J connectivity index is 1.74. The molecular weight excluding hydrogens is 356 g/mol. The summed E-state index contributed by atoms with van der Waals surface area (Å²) in [5.74, 6) is 1.62. The van der Waals surface area contributed by atoms with Crippen LogP contribution in [0.25, 0.3) is 11.3 Å². The van der Waals surface area contributed by atoms with Crippen molar-refractivity contribution in [3.63, 3.8) is 0 Å². The number of aromatic nitrogens is 2. The van der Waals surface area contributed by atoms with Gasteiger partial charge in [0.05, 0.1) is 32.0 Å². The van der Waals surface area contributed by atoms with Crippen LogP contribution in [0.2, 0.25) is 0 Å². The molecule has 1 aliphatic heterocycles. The number of hydrogen-bond donors (Lipinski definition) is 2. The molecule has 1 amide bonds. The van der Waals surface area contributed by atoms with Gasteiger partial charge < -0.3 is 20.1 Å². The van der Waals surface area contributed by atoms with E-state index >= 15 is 0 Å². The molecule has 0 saturated heterocycles. The highest BCUT2D eigenvalue weighted by Gasteiger charge is 2.22. The van der Waals surface area contributed by atoms with E-state index in [0.29, 0.717) is 17.4 Å². The topological polar surface area (TPSA) is 85.4 Å². The average Bonchev–Trinajstić information content (AvgIpc) is 2.84. The number of carbonyl (C=O) groups excluding carboxylic acids is 1. The fraction of sp³-hybridized carbons (Fsp3) is 0.190. The molecule has 1 aliphatic rings. The van der Waals surface area contributed by atoms with Crippen molar-refractivity contribution in [1.29, 1.82) is 0 Å². The first-order valence-electron chi connectivity index (χ1n) is 8.84. The quantitative estimate of drug-likeness (QED) is 0.722. The van der Waals surface area contributed by atoms with Gasteiger partial charge >= 0.3 is 0 Å². The summed E-state index contributed by atoms with van der Waals surface area (Å²) in [5, 5.41) is 6.17. The number of rotatable bonds is 4. The molecule has 7 heteroatoms. The van der Waals surface area contributed by atoms with Crippen LogP contribution < -0.4 is 20.1 Å². The number of para-hydroxylation sites is 1. The molecule has 4 rings (SSSR count). The van der Waals surface area contributed by atoms with Crippen molar-refractivity contribution >= 4 is 23.2 Å². The van der Waals surface area contributed by atoms with E-state index in [1.165, 1.54) is 0 Å². The Bertz CT molecular complexity index is 1070. The standard InChI is InChI=1S/C21H20N4O3/c1-12-5-4-6-15-19(12)24-18(26)9-13-11-22-21(25-20(13)15)23-14-7-8-16(27-2)17(10-14)28-3/h4-8,10-11H,9H2,1-3H3,(H,24,26)(H,22,23,25). The van der Waals surface area contributed by atoms with Crippen molar-refractivity contribution < 1.29 is 14.3 Å². The van der Waals surface area contributed by atoms with Crippen molar-refractivity contribution in [3.05, 3.63) is 53.7 Å². The lowest BCUT2D eigenvalue weighted by Gasteiger charge is -2.13. The molecule has 7 nitrogen and oxygen atoms in total. The average molecular weight is 376 g/mol. The van der Waals surface area contributed by atoms with E-state index in [-0.39, 0.29) is 12.3 Å². The minimum absolute atomic E-state index is 0.0708. The molecule has 2 aromatic carbocycles. The normalized spacial score (nSPS) is 12.3. The van der Waals surface area contributed by atoms with Gasteiger partial charge in [0.15, 0.2) is 11.5 Å². The smallest absolute Gasteiger partial charge is 0.228 e. The predicted molar refractivity (Wildman–Crippen MR) is 107 cm³/mol. The highest BCUT2D eigenvalue weighted by Crippen LogP contribution is 2.35. The lowest BCUT2D eigenvalue weighted by molar-refractivity contribution is -0.115. The molecule has 2 heterocycles. The SMILES string of the molecule is COc1ccc(Nc2ncc3c(n2)-c2cccc(C)c2NC(=O)C3)cc1OC. The second kappa shape index (κ2) is 7.19. The maximum Gasteiger partial charge on any atom is 0.228 e. The zero-order chi connectivity index (χ0) is 19.7. The van der Waals surface area contributed by atoms with E-state index in [0.717, 1.165) is 33.8 Å². The summed E-state index contributed by atoms with van der Waals surface area (Å²) in [6.07, 6.45) is 1.93. The van der Waals surface area contributed by atoms with Crippen LogP contribution >= 0.6 is 0 Å². The van der Waals surface area contributed by atoms with Crippen LogP contribution in [0.5, 0.6) is 11.5 Å². The number of amides is 1. The van der Waals surface area contributed by atoms with Crippen LogP contribution in [-0.4, -0.2) is 30.1 Å². The second-order valence-corrected chi connectivity index (χ2v) is 6.48. The molecule has 3 aromatic rings. The number of nitrogens with one attached hydrogen (secondary N) is 2. The zero-order valence-electron chi connectivity index (χ0n) is 15.9. The van der Waals surface area contributed by atoms with E-state index < -0.39 is 0 Å². The van der Waals surface area contributed by atoms with Gasteiger partial charge in [-0.3, -0.25) is 4.79 Å². The number of benzene rings is 2. The molecule has 0 unspecified atom stereocenters. The third kappa shape index (κ3) is 3.22. The van der Waals surface area contributed by atoms with Gasteiger partial charge in [0.25, 0.3) is 0 Å². The van der Waals surface area contributed by atoms with Crippen LogP contribution in [0.4, 0.5) is 17.3 Å². The fourth-order valence-corrected chi connectivity index (χ4v) is 3.26. The first-order chi connectivity index (χ1) is 13.6. The zero-order valence-corrected chi connectivity index (χ0v) is 15.9. The van der Waals surface area contributed by atoms with Crippen molar-refractivity contribution in [3.8, 4) is 22.8 Å². The lowest BCUT2D eigenvalue weighted by Crippen LogP contribution is -2.13. The fourth-order valence-electron chi connectivity index (χ4n) is 3.26. The van der Waals surface area contributed by atoms with Gasteiger partial charge in [-0.05, 0) is 24.6 Å². The summed E-state index contributed by atoms with van der Waals surface area (Å²) in [7, 11) is 3.18. The van der Waals surface area contributed by atoms with Gasteiger partial charge in [0.1, 0.15) is 0 Å². The molecule has 142 valence electrons. The Morgan fingerprint density at radius 1 is 1.11 bits per heavy atom. The highest BCUT2D eigenvalue weighted by molar-refractivity contribution is 6.00. The second-order valence-electron chi connectivity index (χ2n) is 6.48. The molecule has 0 radical (unpaired) electrons. The van der Waals surface area contributed by atoms with E-state index in [9.17, 15) is 4.79 Å². The van der Waals surface area contributed by atoms with E-state index in [1.54, 1.807) is 20.4 Å². The third-order valence-corrected chi connectivity index (χ3v) is 4.65. The largest absolute Gasteiger partial charge is 0.493 e. The number of aryl methyl sites for hydroxylation is 1. The maximum atomic E-state index is 12.3. The number of ether oxygens (including phenoxy) is 2. The minimum atomic E-state index is -0.0708. The Kier molecular flexibility index (Phi) is 4.57. The monoisotopic (exact) mass is 376 g/mol. The van der Waals surface area contributed by atoms with Gasteiger partial charge in [-0.2, -0.15) is 0 Å². The molecule has 0 saturated carbocycles. The summed E-state index contributed by atoms with van der Waals surface area (Å²) in [4.78, 5) is 21.3. The van der Waals surface area contributed by atoms with Crippen LogP contribution in [0.15, 0.2) is 42.6 Å². The van der Waals surface area contributed by atoms with Crippen molar-refractivity contribution in [2.75, 3.05) is 24.9 Å². The summed E-state index contributed by atoms with van der Waals surface area (Å²) >= 11 is 0. The maximum absolute atomic E-state index is 12.3. The number of anilines is 3. The van der Waals surface area contributed by atoms with Crippen LogP contribution in [0.1, 0.15) is 11.1 Å². The highest BCUT2D eigenvalue weighted by atomic mass is 16.5. The van der Waals surface area contributed by atoms with Gasteiger partial charge in [-0.15, -0.1) is 0 Å². The van der Waals surface area contributed by atoms with Crippen molar-refractivity contribution in [1.82, 2.24) is 9.97 Å². The summed E-state index contributed by atoms with van der Waals surface area (Å²) in [6.45, 7) is 1.97. The molecule has 0 aliphatic carbocycles.